The molecule has 21 heavy (non-hydrogen) atoms. The van der Waals surface area contributed by atoms with Gasteiger partial charge in [0.1, 0.15) is 0 Å². The number of nitro benzene ring substituents is 1. The standard InChI is InChI=1S/C12H18N2O6S/c1-20-8-11(6-7-15)13-21(18,19)9-10-2-4-12(5-3-10)14(16)17/h2-5,11,13,15H,6-9H2,1H3. The number of hydrogen-bond acceptors (Lipinski definition) is 6. The molecule has 0 fully saturated rings. The molecule has 118 valence electrons. The lowest BCUT2D eigenvalue weighted by molar-refractivity contribution is -0.384. The third-order valence-electron chi connectivity index (χ3n) is 2.70. The maximum atomic E-state index is 12.0. The second-order valence-electron chi connectivity index (χ2n) is 4.47. The van der Waals surface area contributed by atoms with Crippen molar-refractivity contribution in [1.29, 1.82) is 0 Å². The van der Waals surface area contributed by atoms with Crippen molar-refractivity contribution in [3.8, 4) is 0 Å². The van der Waals surface area contributed by atoms with Crippen LogP contribution in [0.2, 0.25) is 0 Å². The van der Waals surface area contributed by atoms with E-state index < -0.39 is 21.0 Å². The number of sulfonamides is 1. The molecule has 0 aliphatic rings. The van der Waals surface area contributed by atoms with Crippen LogP contribution < -0.4 is 4.72 Å². The van der Waals surface area contributed by atoms with Crippen LogP contribution in [-0.4, -0.2) is 44.8 Å². The van der Waals surface area contributed by atoms with E-state index in [1.807, 2.05) is 0 Å². The summed E-state index contributed by atoms with van der Waals surface area (Å²) in [6.07, 6.45) is 0.243. The molecule has 0 aliphatic carbocycles. The van der Waals surface area contributed by atoms with Crippen LogP contribution in [0.4, 0.5) is 5.69 Å². The second-order valence-corrected chi connectivity index (χ2v) is 6.22. The van der Waals surface area contributed by atoms with E-state index in [9.17, 15) is 18.5 Å². The summed E-state index contributed by atoms with van der Waals surface area (Å²) in [4.78, 5) is 9.97. The van der Waals surface area contributed by atoms with Crippen LogP contribution in [0.25, 0.3) is 0 Å². The Hall–Kier alpha value is -1.55. The van der Waals surface area contributed by atoms with Gasteiger partial charge < -0.3 is 9.84 Å². The first-order chi connectivity index (χ1) is 9.88. The number of hydrogen-bond donors (Lipinski definition) is 2. The van der Waals surface area contributed by atoms with Crippen LogP contribution in [0.1, 0.15) is 12.0 Å². The summed E-state index contributed by atoms with van der Waals surface area (Å²) in [5.74, 6) is -0.295. The summed E-state index contributed by atoms with van der Waals surface area (Å²) < 4.78 is 31.3. The Labute approximate surface area is 122 Å². The van der Waals surface area contributed by atoms with E-state index in [-0.39, 0.29) is 31.1 Å². The fourth-order valence-corrected chi connectivity index (χ4v) is 3.17. The second kappa shape index (κ2) is 8.03. The molecule has 0 saturated heterocycles. The van der Waals surface area contributed by atoms with Crippen LogP contribution in [0, 0.1) is 10.1 Å². The number of aliphatic hydroxyl groups excluding tert-OH is 1. The molecule has 2 N–H and O–H groups in total. The molecular formula is C12H18N2O6S. The Morgan fingerprint density at radius 2 is 2.00 bits per heavy atom. The maximum absolute atomic E-state index is 12.0. The number of nitro groups is 1. The van der Waals surface area contributed by atoms with Crippen LogP contribution in [0.5, 0.6) is 0 Å². The Kier molecular flexibility index (Phi) is 6.69. The first kappa shape index (κ1) is 17.5. The molecule has 1 aromatic rings. The first-order valence-corrected chi connectivity index (χ1v) is 7.86. The average molecular weight is 318 g/mol. The van der Waals surface area contributed by atoms with Gasteiger partial charge >= 0.3 is 0 Å². The molecule has 0 bridgehead atoms. The molecular weight excluding hydrogens is 300 g/mol. The SMILES string of the molecule is COCC(CCO)NS(=O)(=O)Cc1ccc([N+](=O)[O-])cc1. The Bertz CT molecular complexity index is 552. The third-order valence-corrected chi connectivity index (χ3v) is 4.10. The molecule has 8 nitrogen and oxygen atoms in total. The Morgan fingerprint density at radius 3 is 2.48 bits per heavy atom. The first-order valence-electron chi connectivity index (χ1n) is 6.21. The average Bonchev–Trinajstić information content (AvgIpc) is 2.38. The highest BCUT2D eigenvalue weighted by Crippen LogP contribution is 2.14. The number of benzene rings is 1. The molecule has 1 atom stereocenters. The highest BCUT2D eigenvalue weighted by Gasteiger charge is 2.18. The zero-order valence-electron chi connectivity index (χ0n) is 11.6. The molecule has 9 heteroatoms. The summed E-state index contributed by atoms with van der Waals surface area (Å²) in [5, 5.41) is 19.4. The van der Waals surface area contributed by atoms with E-state index in [1.165, 1.54) is 31.4 Å². The Balaban J connectivity index is 2.72. The highest BCUT2D eigenvalue weighted by atomic mass is 32.2. The van der Waals surface area contributed by atoms with Gasteiger partial charge in [-0.3, -0.25) is 10.1 Å². The molecule has 0 aliphatic heterocycles. The van der Waals surface area contributed by atoms with E-state index in [0.717, 1.165) is 0 Å². The number of rotatable bonds is 9. The van der Waals surface area contributed by atoms with Crippen molar-refractivity contribution in [2.45, 2.75) is 18.2 Å². The number of ether oxygens (including phenoxy) is 1. The van der Waals surface area contributed by atoms with Gasteiger partial charge in [0.15, 0.2) is 0 Å². The van der Waals surface area contributed by atoms with Crippen LogP contribution in [0.3, 0.4) is 0 Å². The van der Waals surface area contributed by atoms with Gasteiger partial charge in [-0.1, -0.05) is 12.1 Å². The topological polar surface area (TPSA) is 119 Å². The molecule has 0 heterocycles. The number of aliphatic hydroxyl groups is 1. The Morgan fingerprint density at radius 1 is 1.38 bits per heavy atom. The van der Waals surface area contributed by atoms with E-state index in [4.69, 9.17) is 9.84 Å². The fraction of sp³-hybridized carbons (Fsp3) is 0.500. The normalized spacial score (nSPS) is 13.0. The van der Waals surface area contributed by atoms with E-state index >= 15 is 0 Å². The lowest BCUT2D eigenvalue weighted by Crippen LogP contribution is -2.39. The summed E-state index contributed by atoms with van der Waals surface area (Å²) in [7, 11) is -2.18. The minimum atomic E-state index is -3.62. The van der Waals surface area contributed by atoms with Gasteiger partial charge in [-0.15, -0.1) is 0 Å². The smallest absolute Gasteiger partial charge is 0.269 e. The highest BCUT2D eigenvalue weighted by molar-refractivity contribution is 7.88. The fourth-order valence-electron chi connectivity index (χ4n) is 1.76. The lowest BCUT2D eigenvalue weighted by Gasteiger charge is -2.16. The van der Waals surface area contributed by atoms with Gasteiger partial charge in [0.2, 0.25) is 10.0 Å². The van der Waals surface area contributed by atoms with Gasteiger partial charge in [-0.25, -0.2) is 13.1 Å². The third kappa shape index (κ3) is 6.17. The molecule has 0 spiro atoms. The molecule has 0 amide bonds. The zero-order chi connectivity index (χ0) is 15.9. The predicted octanol–water partition coefficient (Wildman–Crippen LogP) is 0.412. The minimum Gasteiger partial charge on any atom is -0.396 e. The van der Waals surface area contributed by atoms with Gasteiger partial charge in [0, 0.05) is 31.9 Å². The van der Waals surface area contributed by atoms with Crippen molar-refractivity contribution >= 4 is 15.7 Å². The molecule has 1 rings (SSSR count). The minimum absolute atomic E-state index is 0.0957. The maximum Gasteiger partial charge on any atom is 0.269 e. The van der Waals surface area contributed by atoms with Crippen molar-refractivity contribution in [2.24, 2.45) is 0 Å². The zero-order valence-corrected chi connectivity index (χ0v) is 12.4. The predicted molar refractivity (Wildman–Crippen MR) is 76.2 cm³/mol. The molecule has 1 unspecified atom stereocenters. The van der Waals surface area contributed by atoms with E-state index in [1.54, 1.807) is 0 Å². The van der Waals surface area contributed by atoms with Gasteiger partial charge in [-0.2, -0.15) is 0 Å². The van der Waals surface area contributed by atoms with Crippen molar-refractivity contribution in [2.75, 3.05) is 20.3 Å². The largest absolute Gasteiger partial charge is 0.396 e. The van der Waals surface area contributed by atoms with E-state index in [0.29, 0.717) is 5.56 Å². The summed E-state index contributed by atoms with van der Waals surface area (Å²) >= 11 is 0. The van der Waals surface area contributed by atoms with Crippen LogP contribution in [-0.2, 0) is 20.5 Å². The van der Waals surface area contributed by atoms with Crippen LogP contribution in [0.15, 0.2) is 24.3 Å². The van der Waals surface area contributed by atoms with Crippen molar-refractivity contribution in [3.63, 3.8) is 0 Å². The molecule has 0 aromatic heterocycles. The monoisotopic (exact) mass is 318 g/mol. The number of nitrogens with zero attached hydrogens (tertiary/aromatic N) is 1. The molecule has 0 saturated carbocycles. The lowest BCUT2D eigenvalue weighted by atomic mass is 10.2. The molecule has 1 aromatic carbocycles. The van der Waals surface area contributed by atoms with E-state index in [2.05, 4.69) is 4.72 Å². The van der Waals surface area contributed by atoms with Gasteiger partial charge in [0.05, 0.1) is 17.3 Å². The molecule has 0 radical (unpaired) electrons. The van der Waals surface area contributed by atoms with Crippen molar-refractivity contribution < 1.29 is 23.2 Å². The van der Waals surface area contributed by atoms with Gasteiger partial charge in [-0.05, 0) is 12.0 Å². The summed E-state index contributed by atoms with van der Waals surface area (Å²) in [6.45, 7) is -0.00582. The van der Waals surface area contributed by atoms with Crippen molar-refractivity contribution in [1.82, 2.24) is 4.72 Å². The van der Waals surface area contributed by atoms with Crippen LogP contribution >= 0.6 is 0 Å². The number of methoxy groups -OCH3 is 1. The van der Waals surface area contributed by atoms with Gasteiger partial charge in [0.25, 0.3) is 5.69 Å². The van der Waals surface area contributed by atoms with Crippen molar-refractivity contribution in [3.05, 3.63) is 39.9 Å². The quantitative estimate of drug-likeness (QED) is 0.503. The number of nitrogens with one attached hydrogen (secondary N) is 1. The summed E-state index contributed by atoms with van der Waals surface area (Å²) in [5.41, 5.74) is 0.343. The summed E-state index contributed by atoms with van der Waals surface area (Å²) in [6, 6.07) is 4.79. The number of non-ortho nitro benzene ring substituents is 1.